The molecule has 1 heterocycles. The van der Waals surface area contributed by atoms with E-state index in [4.69, 9.17) is 39.5 Å². The predicted molar refractivity (Wildman–Crippen MR) is 182 cm³/mol. The third-order valence-electron chi connectivity index (χ3n) is 6.73. The summed E-state index contributed by atoms with van der Waals surface area (Å²) in [4.78, 5) is 17.6. The maximum Gasteiger partial charge on any atom is 0.271 e. The van der Waals surface area contributed by atoms with E-state index in [0.717, 1.165) is 44.0 Å². The van der Waals surface area contributed by atoms with Crippen LogP contribution in [0.4, 0.5) is 10.8 Å². The standard InChI is InChI=1S/C34H23Cl3N4O2S/c35-25-12-14-27(15-13-25)39-34-40-31(20-44-34)22-5-7-23(8-6-22)33(42)41-38-18-29-28-4-2-1-3-21(28)10-16-32(29)43-19-24-9-11-26(36)17-30(24)37/h1-18,20H,19H2,(H,39,40)(H,41,42)/b38-18-. The highest BCUT2D eigenvalue weighted by atomic mass is 35.5. The van der Waals surface area contributed by atoms with E-state index >= 15 is 0 Å². The van der Waals surface area contributed by atoms with Crippen LogP contribution in [0.25, 0.3) is 22.0 Å². The number of benzene rings is 5. The number of carbonyl (C=O) groups excluding carboxylic acids is 1. The zero-order valence-corrected chi connectivity index (χ0v) is 26.0. The molecule has 0 bridgehead atoms. The van der Waals surface area contributed by atoms with Gasteiger partial charge in [0.15, 0.2) is 5.13 Å². The normalized spacial score (nSPS) is 11.2. The molecule has 0 fully saturated rings. The average molecular weight is 658 g/mol. The Hall–Kier alpha value is -4.40. The van der Waals surface area contributed by atoms with Crippen molar-refractivity contribution in [3.63, 3.8) is 0 Å². The lowest BCUT2D eigenvalue weighted by Gasteiger charge is -2.13. The van der Waals surface area contributed by atoms with E-state index in [2.05, 4.69) is 20.8 Å². The van der Waals surface area contributed by atoms with Gasteiger partial charge < -0.3 is 10.1 Å². The maximum absolute atomic E-state index is 12.9. The van der Waals surface area contributed by atoms with Crippen molar-refractivity contribution in [2.24, 2.45) is 5.10 Å². The molecule has 0 radical (unpaired) electrons. The minimum atomic E-state index is -0.341. The van der Waals surface area contributed by atoms with E-state index in [1.165, 1.54) is 11.3 Å². The number of thiazole rings is 1. The molecular weight excluding hydrogens is 635 g/mol. The lowest BCUT2D eigenvalue weighted by molar-refractivity contribution is 0.0955. The van der Waals surface area contributed by atoms with Gasteiger partial charge in [-0.25, -0.2) is 10.4 Å². The Kier molecular flexibility index (Phi) is 9.09. The van der Waals surface area contributed by atoms with Gasteiger partial charge in [-0.2, -0.15) is 5.10 Å². The molecule has 6 nitrogen and oxygen atoms in total. The van der Waals surface area contributed by atoms with E-state index in [1.54, 1.807) is 30.5 Å². The second kappa shape index (κ2) is 13.5. The highest BCUT2D eigenvalue weighted by molar-refractivity contribution is 7.14. The lowest BCUT2D eigenvalue weighted by atomic mass is 10.0. The Labute approximate surface area is 272 Å². The highest BCUT2D eigenvalue weighted by Crippen LogP contribution is 2.30. The van der Waals surface area contributed by atoms with Crippen LogP contribution in [0.3, 0.4) is 0 Å². The summed E-state index contributed by atoms with van der Waals surface area (Å²) in [6.07, 6.45) is 1.60. The molecule has 10 heteroatoms. The fraction of sp³-hybridized carbons (Fsp3) is 0.0294. The molecule has 1 amide bonds. The first-order chi connectivity index (χ1) is 21.4. The number of fused-ring (bicyclic) bond motifs is 1. The number of amides is 1. The van der Waals surface area contributed by atoms with Crippen LogP contribution >= 0.6 is 46.1 Å². The summed E-state index contributed by atoms with van der Waals surface area (Å²) < 4.78 is 6.14. The van der Waals surface area contributed by atoms with Crippen molar-refractivity contribution in [2.75, 3.05) is 5.32 Å². The molecule has 0 aliphatic rings. The van der Waals surface area contributed by atoms with Crippen molar-refractivity contribution in [1.82, 2.24) is 10.4 Å². The quantitative estimate of drug-likeness (QED) is 0.120. The number of nitrogens with one attached hydrogen (secondary N) is 2. The lowest BCUT2D eigenvalue weighted by Crippen LogP contribution is -2.17. The van der Waals surface area contributed by atoms with Gasteiger partial charge in [-0.1, -0.05) is 83.3 Å². The fourth-order valence-electron chi connectivity index (χ4n) is 4.46. The van der Waals surface area contributed by atoms with Crippen molar-refractivity contribution in [2.45, 2.75) is 6.61 Å². The Balaban J connectivity index is 1.14. The molecule has 2 N–H and O–H groups in total. The summed E-state index contributed by atoms with van der Waals surface area (Å²) in [5.74, 6) is 0.261. The number of nitrogens with zero attached hydrogens (tertiary/aromatic N) is 2. The molecule has 1 aromatic heterocycles. The number of hydrazone groups is 1. The van der Waals surface area contributed by atoms with Gasteiger partial charge in [0.25, 0.3) is 5.91 Å². The van der Waals surface area contributed by atoms with Gasteiger partial charge in [0.1, 0.15) is 12.4 Å². The molecule has 6 rings (SSSR count). The van der Waals surface area contributed by atoms with Crippen molar-refractivity contribution < 1.29 is 9.53 Å². The van der Waals surface area contributed by atoms with E-state index in [0.29, 0.717) is 26.4 Å². The summed E-state index contributed by atoms with van der Waals surface area (Å²) in [5, 5.41) is 14.0. The van der Waals surface area contributed by atoms with Crippen LogP contribution in [0.2, 0.25) is 15.1 Å². The molecule has 0 saturated heterocycles. The van der Waals surface area contributed by atoms with Crippen LogP contribution in [-0.4, -0.2) is 17.1 Å². The van der Waals surface area contributed by atoms with Crippen LogP contribution in [0.1, 0.15) is 21.5 Å². The summed E-state index contributed by atoms with van der Waals surface area (Å²) in [7, 11) is 0. The van der Waals surface area contributed by atoms with Crippen molar-refractivity contribution in [3.8, 4) is 17.0 Å². The number of aromatic nitrogens is 1. The number of anilines is 2. The molecule has 0 atom stereocenters. The van der Waals surface area contributed by atoms with Crippen LogP contribution in [-0.2, 0) is 6.61 Å². The summed E-state index contributed by atoms with van der Waals surface area (Å²) >= 11 is 19.8. The highest BCUT2D eigenvalue weighted by Gasteiger charge is 2.11. The number of hydrogen-bond acceptors (Lipinski definition) is 6. The molecule has 6 aromatic rings. The SMILES string of the molecule is O=C(N/N=C\c1c(OCc2ccc(Cl)cc2Cl)ccc2ccccc12)c1ccc(-c2csc(Nc3ccc(Cl)cc3)n2)cc1. The smallest absolute Gasteiger partial charge is 0.271 e. The number of ether oxygens (including phenoxy) is 1. The number of hydrogen-bond donors (Lipinski definition) is 2. The first-order valence-electron chi connectivity index (χ1n) is 13.4. The van der Waals surface area contributed by atoms with Gasteiger partial charge in [0.2, 0.25) is 0 Å². The minimum absolute atomic E-state index is 0.242. The second-order valence-corrected chi connectivity index (χ2v) is 11.8. The molecule has 0 aliphatic heterocycles. The Bertz CT molecular complexity index is 1980. The van der Waals surface area contributed by atoms with Gasteiger partial charge in [-0.05, 0) is 65.4 Å². The first kappa shape index (κ1) is 29.7. The van der Waals surface area contributed by atoms with Crippen LogP contribution in [0, 0.1) is 0 Å². The van der Waals surface area contributed by atoms with Crippen LogP contribution in [0.15, 0.2) is 114 Å². The fourth-order valence-corrected chi connectivity index (χ4v) is 5.79. The predicted octanol–water partition coefficient (Wildman–Crippen LogP) is 10.0. The Morgan fingerprint density at radius 2 is 1.66 bits per heavy atom. The number of rotatable bonds is 9. The molecular formula is C34H23Cl3N4O2S. The van der Waals surface area contributed by atoms with Crippen molar-refractivity contribution >= 4 is 79.9 Å². The van der Waals surface area contributed by atoms with Gasteiger partial charge in [0.05, 0.1) is 11.9 Å². The molecule has 0 saturated carbocycles. The number of carbonyl (C=O) groups is 1. The van der Waals surface area contributed by atoms with Gasteiger partial charge in [-0.3, -0.25) is 4.79 Å². The van der Waals surface area contributed by atoms with E-state index in [-0.39, 0.29) is 12.5 Å². The van der Waals surface area contributed by atoms with E-state index < -0.39 is 0 Å². The summed E-state index contributed by atoms with van der Waals surface area (Å²) in [6.45, 7) is 0.242. The largest absolute Gasteiger partial charge is 0.488 e. The van der Waals surface area contributed by atoms with E-state index in [1.807, 2.05) is 84.2 Å². The van der Waals surface area contributed by atoms with Gasteiger partial charge in [0, 0.05) is 48.4 Å². The molecule has 0 spiro atoms. The maximum atomic E-state index is 12.9. The molecule has 0 unspecified atom stereocenters. The van der Waals surface area contributed by atoms with Crippen LogP contribution < -0.4 is 15.5 Å². The molecule has 5 aromatic carbocycles. The van der Waals surface area contributed by atoms with Crippen LogP contribution in [0.5, 0.6) is 5.75 Å². The Morgan fingerprint density at radius 1 is 0.886 bits per heavy atom. The average Bonchev–Trinajstić information content (AvgIpc) is 3.50. The van der Waals surface area contributed by atoms with Crippen molar-refractivity contribution in [1.29, 1.82) is 0 Å². The van der Waals surface area contributed by atoms with Gasteiger partial charge >= 0.3 is 0 Å². The Morgan fingerprint density at radius 3 is 2.45 bits per heavy atom. The first-order valence-corrected chi connectivity index (χ1v) is 15.4. The van der Waals surface area contributed by atoms with Gasteiger partial charge in [-0.15, -0.1) is 11.3 Å². The van der Waals surface area contributed by atoms with E-state index in [9.17, 15) is 4.79 Å². The zero-order valence-electron chi connectivity index (χ0n) is 22.9. The zero-order chi connectivity index (χ0) is 30.5. The second-order valence-electron chi connectivity index (χ2n) is 9.67. The molecule has 218 valence electrons. The third kappa shape index (κ3) is 7.04. The monoisotopic (exact) mass is 656 g/mol. The number of halogens is 3. The topological polar surface area (TPSA) is 75.6 Å². The third-order valence-corrected chi connectivity index (χ3v) is 8.33. The summed E-state index contributed by atoms with van der Waals surface area (Å²) in [6, 6.07) is 31.7. The molecule has 0 aliphatic carbocycles. The summed E-state index contributed by atoms with van der Waals surface area (Å²) in [5.41, 5.74) is 7.22. The van der Waals surface area contributed by atoms with Crippen molar-refractivity contribution in [3.05, 3.63) is 140 Å². The minimum Gasteiger partial charge on any atom is -0.488 e. The molecule has 44 heavy (non-hydrogen) atoms.